The quantitative estimate of drug-likeness (QED) is 0.643. The molecule has 0 aliphatic heterocycles. The predicted molar refractivity (Wildman–Crippen MR) is 47.9 cm³/mol. The van der Waals surface area contributed by atoms with Gasteiger partial charge >= 0.3 is 5.97 Å². The maximum Gasteiger partial charge on any atom is 0.306 e. The van der Waals surface area contributed by atoms with Crippen molar-refractivity contribution < 1.29 is 9.90 Å². The van der Waals surface area contributed by atoms with Crippen LogP contribution in [-0.2, 0) is 4.79 Å². The van der Waals surface area contributed by atoms with Gasteiger partial charge in [0.25, 0.3) is 0 Å². The lowest BCUT2D eigenvalue weighted by molar-refractivity contribution is -0.143. The lowest BCUT2D eigenvalue weighted by Crippen LogP contribution is -2.21. The second-order valence-electron chi connectivity index (χ2n) is 3.73. The summed E-state index contributed by atoms with van der Waals surface area (Å²) in [4.78, 5) is 10.6. The summed E-state index contributed by atoms with van der Waals surface area (Å²) in [5.41, 5.74) is 1.21. The van der Waals surface area contributed by atoms with Crippen molar-refractivity contribution >= 4 is 5.97 Å². The van der Waals surface area contributed by atoms with Crippen molar-refractivity contribution in [2.45, 2.75) is 32.6 Å². The molecular formula is C10H16O2. The van der Waals surface area contributed by atoms with Gasteiger partial charge in [0, 0.05) is 0 Å². The Bertz CT molecular complexity index is 166. The van der Waals surface area contributed by atoms with Crippen molar-refractivity contribution in [3.05, 3.63) is 12.2 Å². The van der Waals surface area contributed by atoms with Gasteiger partial charge < -0.3 is 5.11 Å². The topological polar surface area (TPSA) is 37.3 Å². The molecule has 0 bridgehead atoms. The maximum atomic E-state index is 10.6. The van der Waals surface area contributed by atoms with Gasteiger partial charge in [0.2, 0.25) is 0 Å². The molecule has 1 rings (SSSR count). The lowest BCUT2D eigenvalue weighted by Gasteiger charge is -2.26. The number of carboxylic acid groups (broad SMARTS) is 1. The van der Waals surface area contributed by atoms with Gasteiger partial charge in [0.05, 0.1) is 5.92 Å². The molecule has 68 valence electrons. The molecule has 1 N–H and O–H groups in total. The Labute approximate surface area is 73.3 Å². The SMILES string of the molecule is C=C(C)C1CCC(C(=O)O)CC1. The van der Waals surface area contributed by atoms with Crippen molar-refractivity contribution in [2.75, 3.05) is 0 Å². The zero-order valence-corrected chi connectivity index (χ0v) is 7.55. The van der Waals surface area contributed by atoms with Crippen LogP contribution in [0.2, 0.25) is 0 Å². The molecule has 0 amide bonds. The highest BCUT2D eigenvalue weighted by atomic mass is 16.4. The van der Waals surface area contributed by atoms with E-state index in [1.54, 1.807) is 0 Å². The third-order valence-corrected chi connectivity index (χ3v) is 2.77. The predicted octanol–water partition coefficient (Wildman–Crippen LogP) is 2.45. The van der Waals surface area contributed by atoms with Gasteiger partial charge in [-0.2, -0.15) is 0 Å². The van der Waals surface area contributed by atoms with Gasteiger partial charge in [0.15, 0.2) is 0 Å². The van der Waals surface area contributed by atoms with Crippen molar-refractivity contribution in [3.63, 3.8) is 0 Å². The smallest absolute Gasteiger partial charge is 0.306 e. The molecule has 0 aromatic carbocycles. The van der Waals surface area contributed by atoms with E-state index in [2.05, 4.69) is 6.58 Å². The van der Waals surface area contributed by atoms with Crippen LogP contribution in [0.1, 0.15) is 32.6 Å². The maximum absolute atomic E-state index is 10.6. The molecule has 0 spiro atoms. The second-order valence-corrected chi connectivity index (χ2v) is 3.73. The molecule has 1 aliphatic carbocycles. The highest BCUT2D eigenvalue weighted by molar-refractivity contribution is 5.70. The van der Waals surface area contributed by atoms with Gasteiger partial charge in [0.1, 0.15) is 0 Å². The fourth-order valence-electron chi connectivity index (χ4n) is 1.83. The number of carbonyl (C=O) groups is 1. The summed E-state index contributed by atoms with van der Waals surface area (Å²) in [6.45, 7) is 5.93. The van der Waals surface area contributed by atoms with Crippen molar-refractivity contribution in [3.8, 4) is 0 Å². The van der Waals surface area contributed by atoms with Gasteiger partial charge in [-0.1, -0.05) is 12.2 Å². The molecule has 0 aromatic rings. The van der Waals surface area contributed by atoms with Crippen LogP contribution < -0.4 is 0 Å². The number of aliphatic carboxylic acids is 1. The Balaban J connectivity index is 2.39. The van der Waals surface area contributed by atoms with E-state index in [1.807, 2.05) is 6.92 Å². The summed E-state index contributed by atoms with van der Waals surface area (Å²) in [6.07, 6.45) is 3.66. The van der Waals surface area contributed by atoms with Gasteiger partial charge in [-0.25, -0.2) is 0 Å². The number of hydrogen-bond acceptors (Lipinski definition) is 1. The molecule has 0 unspecified atom stereocenters. The molecule has 0 radical (unpaired) electrons. The minimum absolute atomic E-state index is 0.0967. The van der Waals surface area contributed by atoms with E-state index in [1.165, 1.54) is 5.57 Å². The summed E-state index contributed by atoms with van der Waals surface area (Å²) >= 11 is 0. The molecule has 2 heteroatoms. The first-order valence-corrected chi connectivity index (χ1v) is 4.49. The number of carboxylic acids is 1. The summed E-state index contributed by atoms with van der Waals surface area (Å²) in [6, 6.07) is 0. The lowest BCUT2D eigenvalue weighted by atomic mass is 9.79. The van der Waals surface area contributed by atoms with E-state index in [-0.39, 0.29) is 5.92 Å². The van der Waals surface area contributed by atoms with Crippen LogP contribution in [0.25, 0.3) is 0 Å². The normalized spacial score (nSPS) is 29.8. The molecule has 2 nitrogen and oxygen atoms in total. The van der Waals surface area contributed by atoms with Gasteiger partial charge in [-0.3, -0.25) is 4.79 Å². The molecule has 1 fully saturated rings. The highest BCUT2D eigenvalue weighted by Crippen LogP contribution is 2.32. The fourth-order valence-corrected chi connectivity index (χ4v) is 1.83. The zero-order valence-electron chi connectivity index (χ0n) is 7.55. The van der Waals surface area contributed by atoms with E-state index >= 15 is 0 Å². The Morgan fingerprint density at radius 1 is 1.25 bits per heavy atom. The molecule has 0 atom stereocenters. The summed E-state index contributed by atoms with van der Waals surface area (Å²) < 4.78 is 0. The van der Waals surface area contributed by atoms with Crippen LogP contribution in [0.3, 0.4) is 0 Å². The van der Waals surface area contributed by atoms with Crippen LogP contribution in [0.15, 0.2) is 12.2 Å². The van der Waals surface area contributed by atoms with Crippen LogP contribution in [0.4, 0.5) is 0 Å². The second kappa shape index (κ2) is 3.74. The molecule has 0 saturated heterocycles. The summed E-state index contributed by atoms with van der Waals surface area (Å²) in [5.74, 6) is -0.156. The number of hydrogen-bond donors (Lipinski definition) is 1. The minimum atomic E-state index is -0.629. The molecule has 1 aliphatic rings. The Kier molecular flexibility index (Phi) is 2.90. The van der Waals surface area contributed by atoms with Crippen LogP contribution in [0.5, 0.6) is 0 Å². The monoisotopic (exact) mass is 168 g/mol. The first-order chi connectivity index (χ1) is 5.61. The van der Waals surface area contributed by atoms with E-state index in [9.17, 15) is 4.79 Å². The third kappa shape index (κ3) is 2.10. The van der Waals surface area contributed by atoms with E-state index in [4.69, 9.17) is 5.11 Å². The Morgan fingerprint density at radius 2 is 1.67 bits per heavy atom. The average Bonchev–Trinajstić information content (AvgIpc) is 2.04. The molecule has 1 saturated carbocycles. The van der Waals surface area contributed by atoms with E-state index in [0.717, 1.165) is 25.7 Å². The number of allylic oxidation sites excluding steroid dienone is 1. The minimum Gasteiger partial charge on any atom is -0.481 e. The zero-order chi connectivity index (χ0) is 9.14. The van der Waals surface area contributed by atoms with Crippen molar-refractivity contribution in [1.82, 2.24) is 0 Å². The summed E-state index contributed by atoms with van der Waals surface area (Å²) in [5, 5.41) is 8.74. The van der Waals surface area contributed by atoms with Gasteiger partial charge in [-0.15, -0.1) is 0 Å². The first-order valence-electron chi connectivity index (χ1n) is 4.49. The van der Waals surface area contributed by atoms with Crippen LogP contribution in [0, 0.1) is 11.8 Å². The molecular weight excluding hydrogens is 152 g/mol. The molecule has 12 heavy (non-hydrogen) atoms. The van der Waals surface area contributed by atoms with E-state index < -0.39 is 5.97 Å². The summed E-state index contributed by atoms with van der Waals surface area (Å²) in [7, 11) is 0. The van der Waals surface area contributed by atoms with Gasteiger partial charge in [-0.05, 0) is 38.5 Å². The van der Waals surface area contributed by atoms with E-state index in [0.29, 0.717) is 5.92 Å². The largest absolute Gasteiger partial charge is 0.481 e. The average molecular weight is 168 g/mol. The molecule has 0 heterocycles. The first kappa shape index (κ1) is 9.30. The fraction of sp³-hybridized carbons (Fsp3) is 0.700. The van der Waals surface area contributed by atoms with Crippen molar-refractivity contribution in [1.29, 1.82) is 0 Å². The van der Waals surface area contributed by atoms with Crippen molar-refractivity contribution in [2.24, 2.45) is 11.8 Å². The number of rotatable bonds is 2. The highest BCUT2D eigenvalue weighted by Gasteiger charge is 2.25. The van der Waals surface area contributed by atoms with Crippen LogP contribution in [-0.4, -0.2) is 11.1 Å². The third-order valence-electron chi connectivity index (χ3n) is 2.77. The van der Waals surface area contributed by atoms with Crippen LogP contribution >= 0.6 is 0 Å². The Hall–Kier alpha value is -0.790. The Morgan fingerprint density at radius 3 is 2.00 bits per heavy atom. The standard InChI is InChI=1S/C10H16O2/c1-7(2)8-3-5-9(6-4-8)10(11)12/h8-9H,1,3-6H2,2H3,(H,11,12). The molecule has 0 aromatic heterocycles.